The summed E-state index contributed by atoms with van der Waals surface area (Å²) in [5.74, 6) is 0. The fourth-order valence-electron chi connectivity index (χ4n) is 1.98. The first kappa shape index (κ1) is 8.86. The highest BCUT2D eigenvalue weighted by molar-refractivity contribution is 7.88. The van der Waals surface area contributed by atoms with Gasteiger partial charge in [0.15, 0.2) is 0 Å². The zero-order valence-corrected chi connectivity index (χ0v) is 9.17. The van der Waals surface area contributed by atoms with Crippen LogP contribution in [0.1, 0.15) is 12.5 Å². The second kappa shape index (κ2) is 3.04. The predicted octanol–water partition coefficient (Wildman–Crippen LogP) is 3.32. The Morgan fingerprint density at radius 3 is 2.47 bits per heavy atom. The van der Waals surface area contributed by atoms with Crippen molar-refractivity contribution in [3.63, 3.8) is 0 Å². The lowest BCUT2D eigenvalue weighted by atomic mass is 10.0. The first-order valence-electron chi connectivity index (χ1n) is 4.88. The van der Waals surface area contributed by atoms with Gasteiger partial charge in [0.2, 0.25) is 0 Å². The average molecular weight is 214 g/mol. The van der Waals surface area contributed by atoms with Crippen molar-refractivity contribution in [1.82, 2.24) is 0 Å². The van der Waals surface area contributed by atoms with E-state index in [1.165, 1.54) is 5.39 Å². The van der Waals surface area contributed by atoms with Gasteiger partial charge in [-0.2, -0.15) is 0 Å². The van der Waals surface area contributed by atoms with E-state index in [9.17, 15) is 4.21 Å². The molecule has 0 bridgehead atoms. The number of hydrogen-bond donors (Lipinski definition) is 0. The van der Waals surface area contributed by atoms with Gasteiger partial charge < -0.3 is 0 Å². The van der Waals surface area contributed by atoms with Gasteiger partial charge in [-0.25, -0.2) is 4.21 Å². The molecule has 2 aromatic carbocycles. The van der Waals surface area contributed by atoms with Gasteiger partial charge in [-0.1, -0.05) is 24.3 Å². The largest absolute Gasteiger partial charge is 0.250 e. The molecule has 2 aromatic rings. The fraction of sp³-hybridized carbons (Fsp3) is 0.0769. The summed E-state index contributed by atoms with van der Waals surface area (Å²) in [5.41, 5.74) is 2.25. The minimum absolute atomic E-state index is 0.946. The summed E-state index contributed by atoms with van der Waals surface area (Å²) in [6.45, 7) is 2.01. The van der Waals surface area contributed by atoms with E-state index in [-0.39, 0.29) is 0 Å². The third-order valence-electron chi connectivity index (χ3n) is 2.77. The van der Waals surface area contributed by atoms with E-state index in [1.54, 1.807) is 0 Å². The number of benzene rings is 2. The molecule has 0 radical (unpaired) electrons. The molecule has 0 saturated heterocycles. The topological polar surface area (TPSA) is 17.1 Å². The Kier molecular flexibility index (Phi) is 1.80. The number of rotatable bonds is 0. The normalized spacial score (nSPS) is 19.0. The molecule has 1 nitrogen and oxygen atoms in total. The van der Waals surface area contributed by atoms with Crippen LogP contribution in [0, 0.1) is 0 Å². The van der Waals surface area contributed by atoms with Gasteiger partial charge in [0.1, 0.15) is 0 Å². The van der Waals surface area contributed by atoms with Crippen molar-refractivity contribution in [3.05, 3.63) is 47.4 Å². The molecule has 15 heavy (non-hydrogen) atoms. The first-order chi connectivity index (χ1) is 7.25. The van der Waals surface area contributed by atoms with E-state index in [1.807, 2.05) is 30.5 Å². The molecule has 0 fully saturated rings. The molecule has 0 aromatic heterocycles. The highest BCUT2D eigenvalue weighted by Gasteiger charge is 2.17. The zero-order chi connectivity index (χ0) is 10.4. The second-order valence-corrected chi connectivity index (χ2v) is 5.06. The Bertz CT molecular complexity index is 611. The molecule has 0 amide bonds. The van der Waals surface area contributed by atoms with Gasteiger partial charge in [-0.15, -0.1) is 0 Å². The Balaban J connectivity index is 2.41. The number of hydrogen-bond acceptors (Lipinski definition) is 1. The third kappa shape index (κ3) is 1.25. The van der Waals surface area contributed by atoms with Gasteiger partial charge in [0.05, 0.1) is 15.7 Å². The third-order valence-corrected chi connectivity index (χ3v) is 4.11. The van der Waals surface area contributed by atoms with Crippen LogP contribution >= 0.6 is 0 Å². The highest BCUT2D eigenvalue weighted by atomic mass is 32.2. The molecule has 1 atom stereocenters. The van der Waals surface area contributed by atoms with Crippen LogP contribution in [0.5, 0.6) is 0 Å². The zero-order valence-electron chi connectivity index (χ0n) is 8.36. The van der Waals surface area contributed by atoms with E-state index >= 15 is 0 Å². The summed E-state index contributed by atoms with van der Waals surface area (Å²) >= 11 is 0. The number of allylic oxidation sites excluding steroid dienone is 1. The van der Waals surface area contributed by atoms with E-state index in [4.69, 9.17) is 0 Å². The van der Waals surface area contributed by atoms with Crippen molar-refractivity contribution in [2.24, 2.45) is 0 Å². The standard InChI is InChI=1S/C13H10OS/c1-9-8-15(14)13-7-11-5-3-2-4-10(11)6-12(9)13/h2-8H,1H3. The van der Waals surface area contributed by atoms with E-state index in [0.717, 1.165) is 21.4 Å². The Hall–Kier alpha value is -1.41. The summed E-state index contributed by atoms with van der Waals surface area (Å²) in [5, 5.41) is 4.19. The molecule has 3 rings (SSSR count). The maximum absolute atomic E-state index is 11.8. The van der Waals surface area contributed by atoms with Crippen molar-refractivity contribution in [2.45, 2.75) is 11.8 Å². The molecule has 74 valence electrons. The number of fused-ring (bicyclic) bond motifs is 2. The Morgan fingerprint density at radius 1 is 1.07 bits per heavy atom. The summed E-state index contributed by atoms with van der Waals surface area (Å²) in [6.07, 6.45) is 0. The fourth-order valence-corrected chi connectivity index (χ4v) is 3.24. The molecular weight excluding hydrogens is 204 g/mol. The summed E-state index contributed by atoms with van der Waals surface area (Å²) in [6, 6.07) is 12.3. The molecule has 1 aliphatic heterocycles. The highest BCUT2D eigenvalue weighted by Crippen LogP contribution is 2.33. The molecule has 2 heteroatoms. The van der Waals surface area contributed by atoms with Crippen LogP contribution in [-0.4, -0.2) is 4.21 Å². The van der Waals surface area contributed by atoms with Crippen molar-refractivity contribution >= 4 is 27.1 Å². The minimum atomic E-state index is -0.946. The molecule has 1 aliphatic rings. The summed E-state index contributed by atoms with van der Waals surface area (Å²) < 4.78 is 11.8. The van der Waals surface area contributed by atoms with Crippen LogP contribution in [0.3, 0.4) is 0 Å². The van der Waals surface area contributed by atoms with Crippen LogP contribution in [0.4, 0.5) is 0 Å². The van der Waals surface area contributed by atoms with Crippen LogP contribution in [-0.2, 0) is 10.8 Å². The molecule has 1 unspecified atom stereocenters. The molecule has 0 saturated carbocycles. The van der Waals surface area contributed by atoms with E-state index < -0.39 is 10.8 Å². The lowest BCUT2D eigenvalue weighted by molar-refractivity contribution is 0.689. The molecule has 0 spiro atoms. The van der Waals surface area contributed by atoms with Crippen molar-refractivity contribution in [1.29, 1.82) is 0 Å². The summed E-state index contributed by atoms with van der Waals surface area (Å²) in [4.78, 5) is 0.950. The SMILES string of the molecule is CC1=CS(=O)c2cc3ccccc3cc21. The van der Waals surface area contributed by atoms with Crippen LogP contribution in [0.25, 0.3) is 16.3 Å². The predicted molar refractivity (Wildman–Crippen MR) is 64.0 cm³/mol. The smallest absolute Gasteiger partial charge is 0.0785 e. The van der Waals surface area contributed by atoms with Crippen molar-refractivity contribution in [2.75, 3.05) is 0 Å². The van der Waals surface area contributed by atoms with Gasteiger partial charge in [0, 0.05) is 5.41 Å². The van der Waals surface area contributed by atoms with Crippen LogP contribution < -0.4 is 0 Å². The minimum Gasteiger partial charge on any atom is -0.250 e. The Morgan fingerprint density at radius 2 is 1.73 bits per heavy atom. The maximum atomic E-state index is 11.8. The summed E-state index contributed by atoms with van der Waals surface area (Å²) in [7, 11) is -0.946. The van der Waals surface area contributed by atoms with Crippen molar-refractivity contribution in [3.8, 4) is 0 Å². The molecule has 1 heterocycles. The van der Waals surface area contributed by atoms with Gasteiger partial charge >= 0.3 is 0 Å². The monoisotopic (exact) mass is 214 g/mol. The Labute approximate surface area is 90.9 Å². The van der Waals surface area contributed by atoms with Crippen LogP contribution in [0.15, 0.2) is 46.7 Å². The van der Waals surface area contributed by atoms with Gasteiger partial charge in [-0.3, -0.25) is 0 Å². The second-order valence-electron chi connectivity index (χ2n) is 3.79. The lowest BCUT2D eigenvalue weighted by Gasteiger charge is -2.03. The van der Waals surface area contributed by atoms with Gasteiger partial charge in [0.25, 0.3) is 0 Å². The van der Waals surface area contributed by atoms with E-state index in [2.05, 4.69) is 18.2 Å². The average Bonchev–Trinajstić information content (AvgIpc) is 2.52. The first-order valence-corrected chi connectivity index (χ1v) is 6.09. The lowest BCUT2D eigenvalue weighted by Crippen LogP contribution is -1.85. The maximum Gasteiger partial charge on any atom is 0.0785 e. The van der Waals surface area contributed by atoms with Crippen LogP contribution in [0.2, 0.25) is 0 Å². The van der Waals surface area contributed by atoms with E-state index in [0.29, 0.717) is 0 Å². The molecular formula is C13H10OS. The molecule has 0 N–H and O–H groups in total. The van der Waals surface area contributed by atoms with Crippen molar-refractivity contribution < 1.29 is 4.21 Å². The quantitative estimate of drug-likeness (QED) is 0.657. The molecule has 0 aliphatic carbocycles. The van der Waals surface area contributed by atoms with Gasteiger partial charge in [-0.05, 0) is 41.0 Å².